The molecule has 1 fully saturated rings. The molecule has 0 radical (unpaired) electrons. The van der Waals surface area contributed by atoms with Crippen LogP contribution in [-0.2, 0) is 48.1 Å². The quantitative estimate of drug-likeness (QED) is 0.0404. The van der Waals surface area contributed by atoms with Gasteiger partial charge in [0.1, 0.15) is 29.0 Å². The minimum Gasteiger partial charge on any atom is -0.424 e. The maximum absolute atomic E-state index is 12.4. The fraction of sp³-hybridized carbons (Fsp3) is 0.449. The first-order valence-corrected chi connectivity index (χ1v) is 24.9. The van der Waals surface area contributed by atoms with Gasteiger partial charge in [0.25, 0.3) is 6.01 Å². The zero-order valence-corrected chi connectivity index (χ0v) is 41.6. The molecule has 9 rings (SSSR count). The van der Waals surface area contributed by atoms with E-state index in [0.29, 0.717) is 151 Å². The van der Waals surface area contributed by atoms with Gasteiger partial charge in [-0.05, 0) is 42.7 Å². The molecule has 0 aliphatic carbocycles. The number of oxazole rings is 1. The Morgan fingerprint density at radius 1 is 0.813 bits per heavy atom. The van der Waals surface area contributed by atoms with Gasteiger partial charge in [-0.2, -0.15) is 25.5 Å². The third kappa shape index (κ3) is 14.4. The number of aromatic nitrogens is 13. The van der Waals surface area contributed by atoms with Crippen molar-refractivity contribution in [1.82, 2.24) is 75.3 Å². The van der Waals surface area contributed by atoms with Crippen LogP contribution in [0.1, 0.15) is 25.0 Å². The SMILES string of the molecule is Nc1nc2cc(-c3nn(CCCCNC(=O)CCOCCOCCOCCOCCOCCn4cc(CN5CCN(c6ncc(-c7cccc(-c8cn[nH]n8)c7)cn6)CC5CO)nn4)c4ncnc(N)c34)ccc2o1. The second-order valence-corrected chi connectivity index (χ2v) is 17.6. The fourth-order valence-electron chi connectivity index (χ4n) is 8.50. The largest absolute Gasteiger partial charge is 0.424 e. The lowest BCUT2D eigenvalue weighted by atomic mass is 10.0. The molecule has 2 aromatic carbocycles. The average molecular weight is 1030 g/mol. The van der Waals surface area contributed by atoms with Crippen LogP contribution in [0.5, 0.6) is 0 Å². The number of aliphatic hydroxyl groups excluding tert-OH is 1. The highest BCUT2D eigenvalue weighted by molar-refractivity contribution is 5.99. The molecule has 1 saturated heterocycles. The topological polar surface area (TPSA) is 322 Å². The second-order valence-electron chi connectivity index (χ2n) is 17.6. The Balaban J connectivity index is 0.546. The van der Waals surface area contributed by atoms with E-state index in [9.17, 15) is 9.90 Å². The Labute approximate surface area is 431 Å². The maximum Gasteiger partial charge on any atom is 0.292 e. The van der Waals surface area contributed by atoms with Crippen molar-refractivity contribution in [3.63, 3.8) is 0 Å². The van der Waals surface area contributed by atoms with E-state index >= 15 is 0 Å². The van der Waals surface area contributed by atoms with Crippen LogP contribution in [0.25, 0.3) is 55.8 Å². The molecule has 396 valence electrons. The predicted molar refractivity (Wildman–Crippen MR) is 274 cm³/mol. The van der Waals surface area contributed by atoms with Crippen molar-refractivity contribution in [3.05, 3.63) is 79.3 Å². The van der Waals surface area contributed by atoms with Gasteiger partial charge in [-0.1, -0.05) is 23.4 Å². The molecule has 26 heteroatoms. The summed E-state index contributed by atoms with van der Waals surface area (Å²) >= 11 is 0. The Kier molecular flexibility index (Phi) is 18.5. The number of unbranched alkanes of at least 4 members (excludes halogenated alkanes) is 1. The molecule has 7 N–H and O–H groups in total. The number of nitrogens with zero attached hydrogens (tertiary/aromatic N) is 14. The molecule has 1 aliphatic rings. The van der Waals surface area contributed by atoms with Crippen LogP contribution >= 0.6 is 0 Å². The summed E-state index contributed by atoms with van der Waals surface area (Å²) in [4.78, 5) is 38.8. The number of fused-ring (bicyclic) bond motifs is 2. The highest BCUT2D eigenvalue weighted by Gasteiger charge is 2.29. The fourth-order valence-corrected chi connectivity index (χ4v) is 8.50. The number of H-pyrrole nitrogens is 1. The Morgan fingerprint density at radius 2 is 1.57 bits per heavy atom. The van der Waals surface area contributed by atoms with Crippen LogP contribution < -0.4 is 21.7 Å². The molecule has 26 nitrogen and oxygen atoms in total. The van der Waals surface area contributed by atoms with Crippen molar-refractivity contribution in [2.75, 3.05) is 115 Å². The number of hydrogen-bond acceptors (Lipinski definition) is 22. The number of ether oxygens (including phenoxy) is 5. The number of piperazine rings is 1. The molecule has 7 heterocycles. The minimum atomic E-state index is -0.113. The third-order valence-electron chi connectivity index (χ3n) is 12.4. The van der Waals surface area contributed by atoms with Crippen molar-refractivity contribution in [1.29, 1.82) is 0 Å². The van der Waals surface area contributed by atoms with Gasteiger partial charge in [-0.3, -0.25) is 9.69 Å². The second kappa shape index (κ2) is 26.6. The molecular formula is C49H62N18O8. The summed E-state index contributed by atoms with van der Waals surface area (Å²) < 4.78 is 37.1. The highest BCUT2D eigenvalue weighted by Crippen LogP contribution is 2.33. The van der Waals surface area contributed by atoms with Crippen molar-refractivity contribution in [2.45, 2.75) is 44.9 Å². The molecule has 6 aromatic heterocycles. The van der Waals surface area contributed by atoms with Crippen molar-refractivity contribution in [2.24, 2.45) is 0 Å². The van der Waals surface area contributed by atoms with Crippen molar-refractivity contribution in [3.8, 4) is 33.6 Å². The number of nitrogens with two attached hydrogens (primary N) is 2. The molecule has 1 unspecified atom stereocenters. The van der Waals surface area contributed by atoms with E-state index in [0.717, 1.165) is 46.5 Å². The van der Waals surface area contributed by atoms with E-state index in [2.05, 4.69) is 65.8 Å². The standard InChI is InChI=1S/C49H62N18O8/c50-46-44-45(36-6-7-42-40(25-36)58-48(51)75-42)61-67(47(44)56-33-55-46)10-2-1-9-52-43(69)8-14-70-16-18-72-20-22-74-23-21-73-19-17-71-15-13-66-30-38(59-63-66)29-64-11-12-65(31-39(64)32-68)49-53-26-37(27-54-49)34-4-3-5-35(24-34)41-28-57-62-60-41/h3-7,24-28,30,33,39,68H,1-2,8-23,29,31-32H2,(H2,51,58)(H,52,69)(H2,50,55,56)(H,57,60,62). The minimum absolute atomic E-state index is 0.00569. The Morgan fingerprint density at radius 3 is 2.33 bits per heavy atom. The summed E-state index contributed by atoms with van der Waals surface area (Å²) in [6, 6.07) is 13.5. The number of carbonyl (C=O) groups is 1. The number of nitrogens with one attached hydrogen (secondary N) is 2. The molecule has 1 atom stereocenters. The normalized spacial score (nSPS) is 14.1. The van der Waals surface area contributed by atoms with Crippen LogP contribution in [0.3, 0.4) is 0 Å². The predicted octanol–water partition coefficient (Wildman–Crippen LogP) is 2.39. The van der Waals surface area contributed by atoms with Crippen LogP contribution in [-0.4, -0.2) is 186 Å². The van der Waals surface area contributed by atoms with Gasteiger partial charge in [0.2, 0.25) is 11.9 Å². The van der Waals surface area contributed by atoms with Gasteiger partial charge in [-0.25, -0.2) is 29.3 Å². The molecular weight excluding hydrogens is 969 g/mol. The van der Waals surface area contributed by atoms with E-state index in [1.807, 2.05) is 59.7 Å². The maximum atomic E-state index is 12.4. The van der Waals surface area contributed by atoms with E-state index < -0.39 is 0 Å². The van der Waals surface area contributed by atoms with Crippen LogP contribution in [0.2, 0.25) is 0 Å². The van der Waals surface area contributed by atoms with Crippen LogP contribution in [0.4, 0.5) is 17.8 Å². The number of amides is 1. The summed E-state index contributed by atoms with van der Waals surface area (Å²) in [6.45, 7) is 8.40. The molecule has 0 bridgehead atoms. The number of benzene rings is 2. The van der Waals surface area contributed by atoms with Gasteiger partial charge in [0.05, 0.1) is 103 Å². The molecule has 1 amide bonds. The first kappa shape index (κ1) is 52.3. The van der Waals surface area contributed by atoms with E-state index in [-0.39, 0.29) is 31.0 Å². The molecule has 8 aromatic rings. The van der Waals surface area contributed by atoms with Gasteiger partial charge in [0.15, 0.2) is 11.2 Å². The first-order chi connectivity index (χ1) is 36.9. The number of anilines is 3. The number of rotatable bonds is 30. The van der Waals surface area contributed by atoms with Gasteiger partial charge in [0, 0.05) is 81.0 Å². The average Bonchev–Trinajstić information content (AvgIpc) is 4.29. The smallest absolute Gasteiger partial charge is 0.292 e. The van der Waals surface area contributed by atoms with Gasteiger partial charge in [-0.15, -0.1) is 5.10 Å². The lowest BCUT2D eigenvalue weighted by Gasteiger charge is -2.40. The van der Waals surface area contributed by atoms with E-state index in [4.69, 9.17) is 44.7 Å². The van der Waals surface area contributed by atoms with Crippen molar-refractivity contribution >= 4 is 45.8 Å². The summed E-state index contributed by atoms with van der Waals surface area (Å²) in [7, 11) is 0. The number of aliphatic hydroxyl groups is 1. The Bertz CT molecular complexity index is 3020. The summed E-state index contributed by atoms with van der Waals surface area (Å²) in [6.07, 6.45) is 10.4. The Hall–Kier alpha value is -7.59. The van der Waals surface area contributed by atoms with E-state index in [1.54, 1.807) is 16.9 Å². The number of carbonyl (C=O) groups excluding carboxylic acids is 1. The van der Waals surface area contributed by atoms with Crippen LogP contribution in [0, 0.1) is 0 Å². The highest BCUT2D eigenvalue weighted by atomic mass is 16.6. The molecule has 75 heavy (non-hydrogen) atoms. The molecule has 0 spiro atoms. The summed E-state index contributed by atoms with van der Waals surface area (Å²) in [5.74, 6) is 0.883. The zero-order chi connectivity index (χ0) is 51.6. The third-order valence-corrected chi connectivity index (χ3v) is 12.4. The lowest BCUT2D eigenvalue weighted by molar-refractivity contribution is -0.122. The summed E-state index contributed by atoms with van der Waals surface area (Å²) in [5.41, 5.74) is 19.7. The number of hydrogen-bond donors (Lipinski definition) is 5. The summed E-state index contributed by atoms with van der Waals surface area (Å²) in [5, 5.41) is 38.1. The van der Waals surface area contributed by atoms with Crippen molar-refractivity contribution < 1.29 is 38.0 Å². The number of aromatic amines is 1. The van der Waals surface area contributed by atoms with E-state index in [1.165, 1.54) is 6.33 Å². The number of aryl methyl sites for hydroxylation is 1. The first-order valence-electron chi connectivity index (χ1n) is 24.9. The molecule has 0 saturated carbocycles. The van der Waals surface area contributed by atoms with Gasteiger partial charge >= 0.3 is 0 Å². The molecule has 1 aliphatic heterocycles. The van der Waals surface area contributed by atoms with Gasteiger partial charge < -0.3 is 54.9 Å². The van der Waals surface area contributed by atoms with Crippen LogP contribution in [0.15, 0.2) is 78.0 Å². The number of nitrogen functional groups attached to an aromatic ring is 2. The lowest BCUT2D eigenvalue weighted by Crippen LogP contribution is -2.54. The zero-order valence-electron chi connectivity index (χ0n) is 41.6. The monoisotopic (exact) mass is 1030 g/mol.